The smallest absolute Gasteiger partial charge is 0.375 e. The van der Waals surface area contributed by atoms with E-state index in [0.717, 1.165) is 35.8 Å². The van der Waals surface area contributed by atoms with Gasteiger partial charge in [0.25, 0.3) is 5.91 Å². The van der Waals surface area contributed by atoms with Crippen LogP contribution in [0.3, 0.4) is 0 Å². The first kappa shape index (κ1) is 18.3. The minimum absolute atomic E-state index is 0.0495. The highest BCUT2D eigenvalue weighted by Gasteiger charge is 2.27. The zero-order valence-electron chi connectivity index (χ0n) is 16.0. The molecule has 1 aliphatic rings. The Labute approximate surface area is 163 Å². The minimum Gasteiger partial charge on any atom is -0.449 e. The fourth-order valence-electron chi connectivity index (χ4n) is 3.83. The summed E-state index contributed by atoms with van der Waals surface area (Å²) in [5.74, 6) is -0.784. The summed E-state index contributed by atoms with van der Waals surface area (Å²) in [6.45, 7) is 3.39. The number of hydrogen-bond acceptors (Lipinski definition) is 4. The number of hydrogen-bond donors (Lipinski definition) is 1. The Morgan fingerprint density at radius 3 is 2.71 bits per heavy atom. The van der Waals surface area contributed by atoms with E-state index in [1.165, 1.54) is 5.56 Å². The molecule has 5 nitrogen and oxygen atoms in total. The molecule has 0 fully saturated rings. The van der Waals surface area contributed by atoms with Crippen LogP contribution in [0, 0.1) is 6.92 Å². The van der Waals surface area contributed by atoms with E-state index in [4.69, 9.17) is 9.15 Å². The Balaban J connectivity index is 1.45. The van der Waals surface area contributed by atoms with Gasteiger partial charge in [0.05, 0.1) is 6.04 Å². The lowest BCUT2D eigenvalue weighted by Gasteiger charge is -2.27. The van der Waals surface area contributed by atoms with Crippen molar-refractivity contribution in [1.82, 2.24) is 5.32 Å². The number of para-hydroxylation sites is 1. The van der Waals surface area contributed by atoms with E-state index < -0.39 is 12.1 Å². The first-order valence-electron chi connectivity index (χ1n) is 9.62. The number of nitrogens with one attached hydrogen (secondary N) is 1. The van der Waals surface area contributed by atoms with E-state index in [1.807, 2.05) is 43.3 Å². The monoisotopic (exact) mass is 377 g/mol. The maximum absolute atomic E-state index is 12.6. The van der Waals surface area contributed by atoms with Crippen LogP contribution < -0.4 is 5.32 Å². The molecule has 0 aliphatic heterocycles. The lowest BCUT2D eigenvalue weighted by atomic mass is 9.87. The molecule has 0 spiro atoms. The zero-order chi connectivity index (χ0) is 19.7. The summed E-state index contributed by atoms with van der Waals surface area (Å²) >= 11 is 0. The third-order valence-electron chi connectivity index (χ3n) is 5.37. The SMILES string of the molecule is Cc1c(C(=O)O[C@@H](C)C(=O)N[C@H]2CCCc3ccccc32)oc2ccccc12. The second kappa shape index (κ2) is 7.50. The van der Waals surface area contributed by atoms with Gasteiger partial charge >= 0.3 is 5.97 Å². The van der Waals surface area contributed by atoms with Gasteiger partial charge in [-0.3, -0.25) is 4.79 Å². The minimum atomic E-state index is -0.908. The second-order valence-electron chi connectivity index (χ2n) is 7.25. The van der Waals surface area contributed by atoms with Crippen molar-refractivity contribution in [2.45, 2.75) is 45.3 Å². The number of carbonyl (C=O) groups excluding carboxylic acids is 2. The van der Waals surface area contributed by atoms with Gasteiger partial charge in [-0.15, -0.1) is 0 Å². The average molecular weight is 377 g/mol. The third-order valence-corrected chi connectivity index (χ3v) is 5.37. The molecule has 3 aromatic rings. The number of carbonyl (C=O) groups is 2. The van der Waals surface area contributed by atoms with Crippen LogP contribution in [0.25, 0.3) is 11.0 Å². The van der Waals surface area contributed by atoms with Crippen LogP contribution in [-0.2, 0) is 16.0 Å². The number of esters is 1. The van der Waals surface area contributed by atoms with Gasteiger partial charge in [-0.2, -0.15) is 0 Å². The van der Waals surface area contributed by atoms with Crippen molar-refractivity contribution in [3.8, 4) is 0 Å². The summed E-state index contributed by atoms with van der Waals surface area (Å²) in [5.41, 5.74) is 3.76. The fraction of sp³-hybridized carbons (Fsp3) is 0.304. The van der Waals surface area contributed by atoms with Crippen LogP contribution in [0.4, 0.5) is 0 Å². The van der Waals surface area contributed by atoms with Crippen molar-refractivity contribution in [2.75, 3.05) is 0 Å². The summed E-state index contributed by atoms with van der Waals surface area (Å²) in [6.07, 6.45) is 2.02. The van der Waals surface area contributed by atoms with Gasteiger partial charge in [0.1, 0.15) is 5.58 Å². The number of rotatable bonds is 4. The molecule has 144 valence electrons. The van der Waals surface area contributed by atoms with Gasteiger partial charge in [-0.25, -0.2) is 4.79 Å². The lowest BCUT2D eigenvalue weighted by molar-refractivity contribution is -0.130. The van der Waals surface area contributed by atoms with E-state index in [1.54, 1.807) is 13.0 Å². The number of fused-ring (bicyclic) bond motifs is 2. The molecule has 0 unspecified atom stereocenters. The number of benzene rings is 2. The molecule has 4 rings (SSSR count). The van der Waals surface area contributed by atoms with E-state index in [0.29, 0.717) is 5.58 Å². The van der Waals surface area contributed by atoms with Crippen molar-refractivity contribution < 1.29 is 18.7 Å². The molecule has 1 amide bonds. The summed E-state index contributed by atoms with van der Waals surface area (Å²) in [6, 6.07) is 15.5. The second-order valence-corrected chi connectivity index (χ2v) is 7.25. The van der Waals surface area contributed by atoms with E-state index >= 15 is 0 Å². The van der Waals surface area contributed by atoms with E-state index in [-0.39, 0.29) is 17.7 Å². The molecule has 0 saturated carbocycles. The summed E-state index contributed by atoms with van der Waals surface area (Å²) in [5, 5.41) is 3.89. The van der Waals surface area contributed by atoms with Gasteiger partial charge < -0.3 is 14.5 Å². The highest BCUT2D eigenvalue weighted by atomic mass is 16.6. The van der Waals surface area contributed by atoms with Crippen molar-refractivity contribution in [3.63, 3.8) is 0 Å². The van der Waals surface area contributed by atoms with Gasteiger partial charge in [-0.05, 0) is 50.3 Å². The van der Waals surface area contributed by atoms with Gasteiger partial charge in [-0.1, -0.05) is 42.5 Å². The standard InChI is InChI=1S/C23H23NO4/c1-14-17-10-5-6-13-20(17)28-21(14)23(26)27-15(2)22(25)24-19-12-7-9-16-8-3-4-11-18(16)19/h3-6,8,10-11,13,15,19H,7,9,12H2,1-2H3,(H,24,25)/t15-,19-/m0/s1. The number of ether oxygens (including phenoxy) is 1. The Morgan fingerprint density at radius 2 is 1.89 bits per heavy atom. The summed E-state index contributed by atoms with van der Waals surface area (Å²) < 4.78 is 11.0. The van der Waals surface area contributed by atoms with Crippen LogP contribution >= 0.6 is 0 Å². The molecule has 1 heterocycles. The maximum Gasteiger partial charge on any atom is 0.375 e. The Bertz CT molecular complexity index is 1040. The van der Waals surface area contributed by atoms with Gasteiger partial charge in [0, 0.05) is 10.9 Å². The van der Waals surface area contributed by atoms with Crippen LogP contribution in [-0.4, -0.2) is 18.0 Å². The zero-order valence-corrected chi connectivity index (χ0v) is 16.0. The van der Waals surface area contributed by atoms with Crippen LogP contribution in [0.15, 0.2) is 52.9 Å². The Kier molecular flexibility index (Phi) is 4.90. The molecule has 0 saturated heterocycles. The molecule has 1 N–H and O–H groups in total. The Hall–Kier alpha value is -3.08. The molecule has 5 heteroatoms. The number of amides is 1. The van der Waals surface area contributed by atoms with Crippen molar-refractivity contribution in [1.29, 1.82) is 0 Å². The van der Waals surface area contributed by atoms with Gasteiger partial charge in [0.15, 0.2) is 6.10 Å². The molecular formula is C23H23NO4. The largest absolute Gasteiger partial charge is 0.449 e. The molecule has 1 aromatic heterocycles. The quantitative estimate of drug-likeness (QED) is 0.681. The first-order chi connectivity index (χ1) is 13.5. The van der Waals surface area contributed by atoms with Crippen molar-refractivity contribution in [3.05, 3.63) is 71.0 Å². The predicted octanol–water partition coefficient (Wildman–Crippen LogP) is 4.48. The normalized spacial score (nSPS) is 17.0. The Morgan fingerprint density at radius 1 is 1.14 bits per heavy atom. The van der Waals surface area contributed by atoms with Gasteiger partial charge in [0.2, 0.25) is 5.76 Å². The molecule has 2 atom stereocenters. The summed E-state index contributed by atoms with van der Waals surface area (Å²) in [4.78, 5) is 25.2. The molecular weight excluding hydrogens is 354 g/mol. The van der Waals surface area contributed by atoms with E-state index in [2.05, 4.69) is 11.4 Å². The molecule has 0 radical (unpaired) electrons. The lowest BCUT2D eigenvalue weighted by Crippen LogP contribution is -2.39. The first-order valence-corrected chi connectivity index (χ1v) is 9.62. The third kappa shape index (κ3) is 3.40. The molecule has 28 heavy (non-hydrogen) atoms. The number of furan rings is 1. The average Bonchev–Trinajstić information content (AvgIpc) is 3.05. The fourth-order valence-corrected chi connectivity index (χ4v) is 3.83. The molecule has 0 bridgehead atoms. The summed E-state index contributed by atoms with van der Waals surface area (Å²) in [7, 11) is 0. The maximum atomic E-state index is 12.6. The van der Waals surface area contributed by atoms with Crippen LogP contribution in [0.1, 0.15) is 53.1 Å². The molecule has 2 aromatic carbocycles. The van der Waals surface area contributed by atoms with Crippen molar-refractivity contribution in [2.24, 2.45) is 0 Å². The molecule has 1 aliphatic carbocycles. The van der Waals surface area contributed by atoms with Crippen LogP contribution in [0.2, 0.25) is 0 Å². The van der Waals surface area contributed by atoms with Crippen LogP contribution in [0.5, 0.6) is 0 Å². The van der Waals surface area contributed by atoms with E-state index in [9.17, 15) is 9.59 Å². The number of aryl methyl sites for hydroxylation is 2. The van der Waals surface area contributed by atoms with Crippen molar-refractivity contribution >= 4 is 22.8 Å². The highest BCUT2D eigenvalue weighted by molar-refractivity contribution is 5.97. The highest BCUT2D eigenvalue weighted by Crippen LogP contribution is 2.30. The predicted molar refractivity (Wildman–Crippen MR) is 106 cm³/mol. The topological polar surface area (TPSA) is 68.5 Å².